The monoisotopic (exact) mass is 334 g/mol. The molecule has 1 aromatic heterocycles. The van der Waals surface area contributed by atoms with Crippen LogP contribution in [0.4, 0.5) is 0 Å². The van der Waals surface area contributed by atoms with E-state index in [-0.39, 0.29) is 12.0 Å². The topological polar surface area (TPSA) is 64.4 Å². The number of carbonyl (C=O) groups excluding carboxylic acids is 1. The number of amides is 1. The van der Waals surface area contributed by atoms with Crippen LogP contribution in [0.25, 0.3) is 11.3 Å². The van der Waals surface area contributed by atoms with Gasteiger partial charge in [-0.05, 0) is 37.1 Å². The molecule has 3 rings (SSSR count). The van der Waals surface area contributed by atoms with Crippen LogP contribution in [0.2, 0.25) is 5.02 Å². The van der Waals surface area contributed by atoms with Crippen LogP contribution in [-0.4, -0.2) is 30.1 Å². The normalized spacial score (nSPS) is 17.3. The summed E-state index contributed by atoms with van der Waals surface area (Å²) < 4.78 is 11.2. The van der Waals surface area contributed by atoms with Crippen molar-refractivity contribution in [2.24, 2.45) is 0 Å². The van der Waals surface area contributed by atoms with Gasteiger partial charge >= 0.3 is 0 Å². The summed E-state index contributed by atoms with van der Waals surface area (Å²) in [6.07, 6.45) is 4.76. The van der Waals surface area contributed by atoms with Gasteiger partial charge in [0.05, 0.1) is 12.3 Å². The van der Waals surface area contributed by atoms with Gasteiger partial charge in [-0.1, -0.05) is 11.6 Å². The van der Waals surface area contributed by atoms with Crippen LogP contribution in [0.5, 0.6) is 0 Å². The molecule has 2 aromatic rings. The molecule has 1 aromatic carbocycles. The van der Waals surface area contributed by atoms with Gasteiger partial charge in [-0.2, -0.15) is 0 Å². The minimum absolute atomic E-state index is 0.00765. The van der Waals surface area contributed by atoms with Gasteiger partial charge in [0, 0.05) is 36.6 Å². The summed E-state index contributed by atoms with van der Waals surface area (Å²) in [6.45, 7) is 1.38. The fraction of sp³-hybridized carbons (Fsp3) is 0.412. The maximum absolute atomic E-state index is 11.8. The number of aryl methyl sites for hydroxylation is 1. The van der Waals surface area contributed by atoms with Crippen molar-refractivity contribution in [3.05, 3.63) is 41.4 Å². The molecule has 1 saturated heterocycles. The first-order chi connectivity index (χ1) is 11.2. The van der Waals surface area contributed by atoms with E-state index in [0.717, 1.165) is 25.0 Å². The van der Waals surface area contributed by atoms with Gasteiger partial charge in [0.25, 0.3) is 0 Å². The van der Waals surface area contributed by atoms with Crippen molar-refractivity contribution in [1.29, 1.82) is 0 Å². The molecule has 1 fully saturated rings. The van der Waals surface area contributed by atoms with Crippen molar-refractivity contribution >= 4 is 17.5 Å². The van der Waals surface area contributed by atoms with Crippen LogP contribution in [0, 0.1) is 0 Å². The van der Waals surface area contributed by atoms with Crippen LogP contribution in [0.3, 0.4) is 0 Å². The zero-order valence-electron chi connectivity index (χ0n) is 12.8. The SMILES string of the molecule is O=C(CCc1ncc(-c2ccc(Cl)cc2)o1)NC[C@H]1CCCO1. The maximum Gasteiger partial charge on any atom is 0.220 e. The lowest BCUT2D eigenvalue weighted by Gasteiger charge is -2.10. The molecule has 1 amide bonds. The minimum atomic E-state index is -0.00765. The van der Waals surface area contributed by atoms with Crippen molar-refractivity contribution in [1.82, 2.24) is 10.3 Å². The molecule has 0 unspecified atom stereocenters. The first-order valence-corrected chi connectivity index (χ1v) is 8.17. The third-order valence-corrected chi connectivity index (χ3v) is 4.05. The molecule has 0 radical (unpaired) electrons. The number of carbonyl (C=O) groups is 1. The van der Waals surface area contributed by atoms with Crippen LogP contribution in [0.15, 0.2) is 34.9 Å². The predicted molar refractivity (Wildman–Crippen MR) is 87.3 cm³/mol. The molecule has 23 heavy (non-hydrogen) atoms. The van der Waals surface area contributed by atoms with Crippen molar-refractivity contribution in [2.45, 2.75) is 31.8 Å². The fourth-order valence-electron chi connectivity index (χ4n) is 2.52. The Balaban J connectivity index is 1.47. The molecule has 2 heterocycles. The van der Waals surface area contributed by atoms with Crippen molar-refractivity contribution in [2.75, 3.05) is 13.2 Å². The molecule has 1 aliphatic heterocycles. The molecule has 5 nitrogen and oxygen atoms in total. The molecule has 1 atom stereocenters. The standard InChI is InChI=1S/C17H19ClN2O3/c18-13-5-3-12(4-6-13)15-11-20-17(23-15)8-7-16(21)19-10-14-2-1-9-22-14/h3-6,11,14H,1-2,7-10H2,(H,19,21)/t14-/m1/s1. The molecule has 0 bridgehead atoms. The second-order valence-electron chi connectivity index (χ2n) is 5.56. The van der Waals surface area contributed by atoms with Gasteiger partial charge in [0.1, 0.15) is 0 Å². The molecule has 1 N–H and O–H groups in total. The molecule has 6 heteroatoms. The van der Waals surface area contributed by atoms with E-state index in [4.69, 9.17) is 20.8 Å². The lowest BCUT2D eigenvalue weighted by Crippen LogP contribution is -2.31. The predicted octanol–water partition coefficient (Wildman–Crippen LogP) is 3.22. The highest BCUT2D eigenvalue weighted by atomic mass is 35.5. The number of halogens is 1. The highest BCUT2D eigenvalue weighted by Crippen LogP contribution is 2.22. The Kier molecular flexibility index (Phi) is 5.31. The van der Waals surface area contributed by atoms with E-state index >= 15 is 0 Å². The van der Waals surface area contributed by atoms with Crippen molar-refractivity contribution in [3.63, 3.8) is 0 Å². The van der Waals surface area contributed by atoms with Gasteiger partial charge in [0.2, 0.25) is 5.91 Å². The highest BCUT2D eigenvalue weighted by Gasteiger charge is 2.16. The number of oxazole rings is 1. The lowest BCUT2D eigenvalue weighted by molar-refractivity contribution is -0.121. The summed E-state index contributed by atoms with van der Waals surface area (Å²) in [4.78, 5) is 16.1. The quantitative estimate of drug-likeness (QED) is 0.881. The van der Waals surface area contributed by atoms with Gasteiger partial charge < -0.3 is 14.5 Å². The summed E-state index contributed by atoms with van der Waals surface area (Å²) in [5.41, 5.74) is 0.913. The maximum atomic E-state index is 11.8. The molecular formula is C17H19ClN2O3. The number of rotatable bonds is 6. The summed E-state index contributed by atoms with van der Waals surface area (Å²) >= 11 is 5.87. The van der Waals surface area contributed by atoms with Crippen LogP contribution in [0.1, 0.15) is 25.2 Å². The van der Waals surface area contributed by atoms with E-state index in [1.165, 1.54) is 0 Å². The van der Waals surface area contributed by atoms with Crippen LogP contribution < -0.4 is 5.32 Å². The Morgan fingerprint density at radius 3 is 2.91 bits per heavy atom. The molecule has 0 aliphatic carbocycles. The number of hydrogen-bond acceptors (Lipinski definition) is 4. The van der Waals surface area contributed by atoms with Crippen molar-refractivity contribution < 1.29 is 13.9 Å². The lowest BCUT2D eigenvalue weighted by atomic mass is 10.2. The van der Waals surface area contributed by atoms with Gasteiger partial charge in [0.15, 0.2) is 11.7 Å². The number of aromatic nitrogens is 1. The van der Waals surface area contributed by atoms with Crippen LogP contribution >= 0.6 is 11.6 Å². The van der Waals surface area contributed by atoms with E-state index in [1.54, 1.807) is 18.3 Å². The molecule has 1 aliphatic rings. The molecule has 0 saturated carbocycles. The number of hydrogen-bond donors (Lipinski definition) is 1. The average Bonchev–Trinajstić information content (AvgIpc) is 3.23. The fourth-order valence-corrected chi connectivity index (χ4v) is 2.64. The Bertz CT molecular complexity index is 648. The summed E-state index contributed by atoms with van der Waals surface area (Å²) in [6, 6.07) is 7.36. The smallest absolute Gasteiger partial charge is 0.220 e. The number of ether oxygens (including phenoxy) is 1. The first-order valence-electron chi connectivity index (χ1n) is 7.79. The van der Waals surface area contributed by atoms with Crippen LogP contribution in [-0.2, 0) is 16.0 Å². The Morgan fingerprint density at radius 1 is 1.35 bits per heavy atom. The molecular weight excluding hydrogens is 316 g/mol. The van der Waals surface area contributed by atoms with E-state index < -0.39 is 0 Å². The second-order valence-corrected chi connectivity index (χ2v) is 6.00. The number of benzene rings is 1. The van der Waals surface area contributed by atoms with E-state index in [0.29, 0.717) is 36.1 Å². The number of nitrogens with zero attached hydrogens (tertiary/aromatic N) is 1. The molecule has 0 spiro atoms. The molecule has 122 valence electrons. The van der Waals surface area contributed by atoms with E-state index in [1.807, 2.05) is 12.1 Å². The third kappa shape index (κ3) is 4.56. The summed E-state index contributed by atoms with van der Waals surface area (Å²) in [5, 5.41) is 3.57. The summed E-state index contributed by atoms with van der Waals surface area (Å²) in [5.74, 6) is 1.23. The van der Waals surface area contributed by atoms with Gasteiger partial charge in [-0.3, -0.25) is 4.79 Å². The van der Waals surface area contributed by atoms with Crippen molar-refractivity contribution in [3.8, 4) is 11.3 Å². The first kappa shape index (κ1) is 16.0. The zero-order chi connectivity index (χ0) is 16.1. The van der Waals surface area contributed by atoms with E-state index in [2.05, 4.69) is 10.3 Å². The number of nitrogens with one attached hydrogen (secondary N) is 1. The average molecular weight is 335 g/mol. The van der Waals surface area contributed by atoms with Gasteiger partial charge in [-0.25, -0.2) is 4.98 Å². The Labute approximate surface area is 140 Å². The summed E-state index contributed by atoms with van der Waals surface area (Å²) in [7, 11) is 0. The Morgan fingerprint density at radius 2 is 2.17 bits per heavy atom. The highest BCUT2D eigenvalue weighted by molar-refractivity contribution is 6.30. The minimum Gasteiger partial charge on any atom is -0.441 e. The Hall–Kier alpha value is -1.85. The third-order valence-electron chi connectivity index (χ3n) is 3.80. The second kappa shape index (κ2) is 7.62. The van der Waals surface area contributed by atoms with E-state index in [9.17, 15) is 4.79 Å². The van der Waals surface area contributed by atoms with Gasteiger partial charge in [-0.15, -0.1) is 0 Å². The largest absolute Gasteiger partial charge is 0.441 e. The zero-order valence-corrected chi connectivity index (χ0v) is 13.5.